The molecular weight excluding hydrogens is 387 g/mol. The zero-order valence-corrected chi connectivity index (χ0v) is 15.5. The van der Waals surface area contributed by atoms with Gasteiger partial charge in [0.1, 0.15) is 5.56 Å². The highest BCUT2D eigenvalue weighted by atomic mass is 19.4. The summed E-state index contributed by atoms with van der Waals surface area (Å²) in [5.74, 6) is -1.06. The van der Waals surface area contributed by atoms with Gasteiger partial charge in [-0.25, -0.2) is 4.79 Å². The minimum Gasteiger partial charge on any atom is -0.462 e. The molecule has 9 heteroatoms. The second kappa shape index (κ2) is 8.34. The Morgan fingerprint density at radius 1 is 1.07 bits per heavy atom. The number of carbonyl (C=O) groups is 1. The van der Waals surface area contributed by atoms with E-state index in [1.54, 1.807) is 47.2 Å². The lowest BCUT2D eigenvalue weighted by atomic mass is 10.1. The van der Waals surface area contributed by atoms with Crippen molar-refractivity contribution in [1.82, 2.24) is 14.3 Å². The zero-order valence-electron chi connectivity index (χ0n) is 15.5. The maximum absolute atomic E-state index is 13.2. The molecule has 0 bridgehead atoms. The van der Waals surface area contributed by atoms with Crippen molar-refractivity contribution in [3.63, 3.8) is 0 Å². The first-order valence-corrected chi connectivity index (χ1v) is 8.83. The molecule has 2 heterocycles. The van der Waals surface area contributed by atoms with Crippen molar-refractivity contribution < 1.29 is 22.7 Å². The third-order valence-corrected chi connectivity index (χ3v) is 4.15. The van der Waals surface area contributed by atoms with Crippen molar-refractivity contribution in [2.24, 2.45) is 0 Å². The lowest BCUT2D eigenvalue weighted by Crippen LogP contribution is -2.18. The molecule has 0 radical (unpaired) electrons. The van der Waals surface area contributed by atoms with E-state index in [1.165, 1.54) is 13.0 Å². The number of ether oxygens (including phenoxy) is 1. The summed E-state index contributed by atoms with van der Waals surface area (Å²) in [5, 5.41) is 3.53. The van der Waals surface area contributed by atoms with Gasteiger partial charge in [-0.3, -0.25) is 9.48 Å². The first kappa shape index (κ1) is 20.4. The molecule has 6 nitrogen and oxygen atoms in total. The summed E-state index contributed by atoms with van der Waals surface area (Å²) < 4.78 is 46.8. The van der Waals surface area contributed by atoms with Crippen LogP contribution in [0.15, 0.2) is 59.7 Å². The number of alkyl halides is 3. The Bertz CT molecular complexity index is 1050. The predicted molar refractivity (Wildman–Crippen MR) is 98.5 cm³/mol. The van der Waals surface area contributed by atoms with Gasteiger partial charge in [-0.1, -0.05) is 30.3 Å². The molecule has 0 atom stereocenters. The summed E-state index contributed by atoms with van der Waals surface area (Å²) in [6.07, 6.45) is -2.05. The molecule has 0 aliphatic carbocycles. The highest BCUT2D eigenvalue weighted by Crippen LogP contribution is 2.31. The molecule has 0 unspecified atom stereocenters. The predicted octanol–water partition coefficient (Wildman–Crippen LogP) is 3.34. The standard InChI is InChI=1S/C20H18F3N3O3/c1-2-29-19(28)16-13-26(24-18(16)20(21,22)23)12-15-8-6-14(7-9-15)11-25-10-4-3-5-17(25)27/h3-10,13H,2,11-12H2,1H3. The van der Waals surface area contributed by atoms with Gasteiger partial charge in [-0.15, -0.1) is 0 Å². The quantitative estimate of drug-likeness (QED) is 0.590. The summed E-state index contributed by atoms with van der Waals surface area (Å²) in [4.78, 5) is 23.6. The van der Waals surface area contributed by atoms with Gasteiger partial charge >= 0.3 is 12.1 Å². The number of benzene rings is 1. The van der Waals surface area contributed by atoms with Crippen LogP contribution in [-0.2, 0) is 24.0 Å². The summed E-state index contributed by atoms with van der Waals surface area (Å²) in [6.45, 7) is 1.91. The Labute approximate surface area is 164 Å². The zero-order chi connectivity index (χ0) is 21.0. The molecule has 0 fully saturated rings. The van der Waals surface area contributed by atoms with Crippen molar-refractivity contribution >= 4 is 5.97 Å². The number of carbonyl (C=O) groups excluding carboxylic acids is 1. The van der Waals surface area contributed by atoms with E-state index in [0.29, 0.717) is 12.1 Å². The Hall–Kier alpha value is -3.36. The maximum atomic E-state index is 13.2. The smallest absolute Gasteiger partial charge is 0.436 e. The summed E-state index contributed by atoms with van der Waals surface area (Å²) >= 11 is 0. The van der Waals surface area contributed by atoms with Crippen LogP contribution < -0.4 is 5.56 Å². The molecule has 0 aliphatic rings. The van der Waals surface area contributed by atoms with Crippen molar-refractivity contribution in [3.05, 3.63) is 87.6 Å². The monoisotopic (exact) mass is 405 g/mol. The van der Waals surface area contributed by atoms with Gasteiger partial charge in [0, 0.05) is 18.5 Å². The molecule has 29 heavy (non-hydrogen) atoms. The Morgan fingerprint density at radius 3 is 2.31 bits per heavy atom. The second-order valence-electron chi connectivity index (χ2n) is 6.29. The van der Waals surface area contributed by atoms with Crippen LogP contribution in [0.4, 0.5) is 13.2 Å². The van der Waals surface area contributed by atoms with Crippen molar-refractivity contribution in [2.75, 3.05) is 6.61 Å². The van der Waals surface area contributed by atoms with Gasteiger partial charge in [-0.05, 0) is 24.1 Å². The van der Waals surface area contributed by atoms with Gasteiger partial charge in [0.2, 0.25) is 0 Å². The number of pyridine rings is 1. The molecule has 2 aromatic heterocycles. The molecule has 0 aliphatic heterocycles. The van der Waals surface area contributed by atoms with Crippen LogP contribution in [0.3, 0.4) is 0 Å². The Morgan fingerprint density at radius 2 is 1.72 bits per heavy atom. The number of hydrogen-bond acceptors (Lipinski definition) is 4. The minimum absolute atomic E-state index is 0.0345. The maximum Gasteiger partial charge on any atom is 0.436 e. The van der Waals surface area contributed by atoms with E-state index in [0.717, 1.165) is 16.4 Å². The number of hydrogen-bond donors (Lipinski definition) is 0. The van der Waals surface area contributed by atoms with E-state index in [1.807, 2.05) is 0 Å². The highest BCUT2D eigenvalue weighted by molar-refractivity contribution is 5.90. The third kappa shape index (κ3) is 4.92. The molecule has 3 rings (SSSR count). The fraction of sp³-hybridized carbons (Fsp3) is 0.250. The lowest BCUT2D eigenvalue weighted by Gasteiger charge is -2.07. The average Bonchev–Trinajstić information content (AvgIpc) is 3.10. The minimum atomic E-state index is -4.76. The van der Waals surface area contributed by atoms with Gasteiger partial charge in [0.05, 0.1) is 19.7 Å². The molecule has 1 aromatic carbocycles. The van der Waals surface area contributed by atoms with Crippen LogP contribution in [0.2, 0.25) is 0 Å². The topological polar surface area (TPSA) is 66.1 Å². The van der Waals surface area contributed by atoms with Crippen LogP contribution in [0.1, 0.15) is 34.1 Å². The number of nitrogens with zero attached hydrogens (tertiary/aromatic N) is 3. The second-order valence-corrected chi connectivity index (χ2v) is 6.29. The van der Waals surface area contributed by atoms with Crippen LogP contribution in [0, 0.1) is 0 Å². The van der Waals surface area contributed by atoms with E-state index in [2.05, 4.69) is 9.84 Å². The van der Waals surface area contributed by atoms with Crippen molar-refractivity contribution in [3.8, 4) is 0 Å². The van der Waals surface area contributed by atoms with Crippen molar-refractivity contribution in [1.29, 1.82) is 0 Å². The summed E-state index contributed by atoms with van der Waals surface area (Å²) in [5.41, 5.74) is -0.443. The van der Waals surface area contributed by atoms with Gasteiger partial charge in [0.25, 0.3) is 5.56 Å². The Balaban J connectivity index is 1.78. The first-order chi connectivity index (χ1) is 13.8. The summed E-state index contributed by atoms with van der Waals surface area (Å²) in [7, 11) is 0. The molecule has 0 N–H and O–H groups in total. The van der Waals surface area contributed by atoms with Crippen LogP contribution in [0.25, 0.3) is 0 Å². The largest absolute Gasteiger partial charge is 0.462 e. The summed E-state index contributed by atoms with van der Waals surface area (Å²) in [6, 6.07) is 11.9. The van der Waals surface area contributed by atoms with E-state index < -0.39 is 23.4 Å². The average molecular weight is 405 g/mol. The first-order valence-electron chi connectivity index (χ1n) is 8.83. The molecule has 152 valence electrons. The number of aromatic nitrogens is 3. The van der Waals surface area contributed by atoms with E-state index >= 15 is 0 Å². The SMILES string of the molecule is CCOC(=O)c1cn(Cc2ccc(Cn3ccccc3=O)cc2)nc1C(F)(F)F. The molecule has 3 aromatic rings. The molecule has 0 saturated carbocycles. The number of halogens is 3. The van der Waals surface area contributed by atoms with Crippen LogP contribution in [-0.4, -0.2) is 26.9 Å². The van der Waals surface area contributed by atoms with Gasteiger partial charge in [-0.2, -0.15) is 18.3 Å². The fourth-order valence-corrected chi connectivity index (χ4v) is 2.80. The molecule has 0 amide bonds. The normalized spacial score (nSPS) is 11.4. The fourth-order valence-electron chi connectivity index (χ4n) is 2.80. The van der Waals surface area contributed by atoms with E-state index in [4.69, 9.17) is 0 Å². The van der Waals surface area contributed by atoms with Crippen LogP contribution in [0.5, 0.6) is 0 Å². The Kier molecular flexibility index (Phi) is 5.86. The van der Waals surface area contributed by atoms with Gasteiger partial charge < -0.3 is 9.30 Å². The molecule has 0 spiro atoms. The third-order valence-electron chi connectivity index (χ3n) is 4.15. The molecular formula is C20H18F3N3O3. The highest BCUT2D eigenvalue weighted by Gasteiger charge is 2.39. The van der Waals surface area contributed by atoms with Gasteiger partial charge in [0.15, 0.2) is 5.69 Å². The van der Waals surface area contributed by atoms with E-state index in [9.17, 15) is 22.8 Å². The van der Waals surface area contributed by atoms with Crippen molar-refractivity contribution in [2.45, 2.75) is 26.2 Å². The number of esters is 1. The lowest BCUT2D eigenvalue weighted by molar-refractivity contribution is -0.142. The van der Waals surface area contributed by atoms with E-state index in [-0.39, 0.29) is 18.7 Å². The molecule has 0 saturated heterocycles. The van der Waals surface area contributed by atoms with Crippen LogP contribution >= 0.6 is 0 Å². The number of rotatable bonds is 6.